The van der Waals surface area contributed by atoms with Crippen LogP contribution < -0.4 is 11.1 Å². The Morgan fingerprint density at radius 3 is 2.80 bits per heavy atom. The summed E-state index contributed by atoms with van der Waals surface area (Å²) in [6.45, 7) is 3.37. The molecule has 7 heteroatoms. The SMILES string of the molecule is CCc1nncn1CCN=C(N)Nc1ccccc1.I. The van der Waals surface area contributed by atoms with Crippen molar-refractivity contribution in [3.63, 3.8) is 0 Å². The van der Waals surface area contributed by atoms with Gasteiger partial charge in [0.25, 0.3) is 0 Å². The Balaban J connectivity index is 0.00000200. The number of guanidine groups is 1. The van der Waals surface area contributed by atoms with Crippen molar-refractivity contribution in [1.82, 2.24) is 14.8 Å². The molecule has 0 saturated carbocycles. The normalized spacial score (nSPS) is 10.9. The molecule has 0 spiro atoms. The van der Waals surface area contributed by atoms with E-state index in [4.69, 9.17) is 5.73 Å². The Morgan fingerprint density at radius 2 is 2.10 bits per heavy atom. The van der Waals surface area contributed by atoms with Crippen molar-refractivity contribution in [2.45, 2.75) is 19.9 Å². The molecule has 0 aliphatic heterocycles. The highest BCUT2D eigenvalue weighted by Crippen LogP contribution is 2.03. The highest BCUT2D eigenvalue weighted by atomic mass is 127. The maximum Gasteiger partial charge on any atom is 0.193 e. The number of hydrogen-bond acceptors (Lipinski definition) is 3. The summed E-state index contributed by atoms with van der Waals surface area (Å²) < 4.78 is 1.99. The molecule has 0 aliphatic rings. The van der Waals surface area contributed by atoms with Gasteiger partial charge in [-0.2, -0.15) is 0 Å². The Labute approximate surface area is 135 Å². The lowest BCUT2D eigenvalue weighted by Gasteiger charge is -2.06. The van der Waals surface area contributed by atoms with Crippen molar-refractivity contribution in [2.75, 3.05) is 11.9 Å². The topological polar surface area (TPSA) is 81.1 Å². The van der Waals surface area contributed by atoms with Gasteiger partial charge in [-0.25, -0.2) is 0 Å². The van der Waals surface area contributed by atoms with E-state index in [1.165, 1.54) is 0 Å². The van der Waals surface area contributed by atoms with Crippen molar-refractivity contribution >= 4 is 35.6 Å². The first kappa shape index (κ1) is 16.4. The summed E-state index contributed by atoms with van der Waals surface area (Å²) >= 11 is 0. The minimum atomic E-state index is 0. The van der Waals surface area contributed by atoms with Crippen LogP contribution in [-0.2, 0) is 13.0 Å². The summed E-state index contributed by atoms with van der Waals surface area (Å²) in [6, 6.07) is 9.73. The van der Waals surface area contributed by atoms with E-state index in [0.717, 1.165) is 24.5 Å². The minimum absolute atomic E-state index is 0. The van der Waals surface area contributed by atoms with E-state index < -0.39 is 0 Å². The number of anilines is 1. The summed E-state index contributed by atoms with van der Waals surface area (Å²) in [5.41, 5.74) is 6.75. The Kier molecular flexibility index (Phi) is 6.99. The summed E-state index contributed by atoms with van der Waals surface area (Å²) in [4.78, 5) is 4.28. The van der Waals surface area contributed by atoms with Crippen molar-refractivity contribution < 1.29 is 0 Å². The first-order valence-electron chi connectivity index (χ1n) is 6.28. The number of nitrogens with one attached hydrogen (secondary N) is 1. The molecule has 20 heavy (non-hydrogen) atoms. The molecule has 108 valence electrons. The smallest absolute Gasteiger partial charge is 0.193 e. The van der Waals surface area contributed by atoms with Crippen molar-refractivity contribution in [2.24, 2.45) is 10.7 Å². The number of aromatic nitrogens is 3. The van der Waals surface area contributed by atoms with Gasteiger partial charge in [-0.1, -0.05) is 25.1 Å². The highest BCUT2D eigenvalue weighted by molar-refractivity contribution is 14.0. The number of halogens is 1. The largest absolute Gasteiger partial charge is 0.370 e. The molecule has 0 unspecified atom stereocenters. The van der Waals surface area contributed by atoms with Gasteiger partial charge in [-0.05, 0) is 12.1 Å². The van der Waals surface area contributed by atoms with E-state index in [1.807, 2.05) is 34.9 Å². The number of nitrogens with zero attached hydrogens (tertiary/aromatic N) is 4. The fraction of sp³-hybridized carbons (Fsp3) is 0.308. The van der Waals surface area contributed by atoms with Gasteiger partial charge in [-0.15, -0.1) is 34.2 Å². The standard InChI is InChI=1S/C13H18N6.HI/c1-2-12-18-16-10-19(12)9-8-15-13(14)17-11-6-4-3-5-7-11;/h3-7,10H,2,8-9H2,1H3,(H3,14,15,17);1H. The van der Waals surface area contributed by atoms with Crippen LogP contribution in [-0.4, -0.2) is 27.3 Å². The first-order chi connectivity index (χ1) is 9.29. The van der Waals surface area contributed by atoms with Gasteiger partial charge in [0.1, 0.15) is 12.2 Å². The molecule has 0 bridgehead atoms. The second kappa shape index (κ2) is 8.51. The molecule has 0 aliphatic carbocycles. The average Bonchev–Trinajstić information content (AvgIpc) is 2.87. The van der Waals surface area contributed by atoms with E-state index in [2.05, 4.69) is 27.4 Å². The first-order valence-corrected chi connectivity index (χ1v) is 6.28. The number of hydrogen-bond donors (Lipinski definition) is 2. The summed E-state index contributed by atoms with van der Waals surface area (Å²) in [7, 11) is 0. The predicted octanol–water partition coefficient (Wildman–Crippen LogP) is 1.89. The van der Waals surface area contributed by atoms with Crippen LogP contribution in [0.2, 0.25) is 0 Å². The molecule has 1 aromatic carbocycles. The lowest BCUT2D eigenvalue weighted by Crippen LogP contribution is -2.23. The van der Waals surface area contributed by atoms with Crippen LogP contribution in [0.5, 0.6) is 0 Å². The zero-order valence-electron chi connectivity index (χ0n) is 11.4. The van der Waals surface area contributed by atoms with E-state index in [-0.39, 0.29) is 24.0 Å². The van der Waals surface area contributed by atoms with Crippen LogP contribution in [0.25, 0.3) is 0 Å². The molecule has 2 aromatic rings. The molecule has 1 aromatic heterocycles. The van der Waals surface area contributed by atoms with Crippen LogP contribution in [0, 0.1) is 0 Å². The predicted molar refractivity (Wildman–Crippen MR) is 91.4 cm³/mol. The second-order valence-corrected chi connectivity index (χ2v) is 4.05. The Morgan fingerprint density at radius 1 is 1.35 bits per heavy atom. The quantitative estimate of drug-likeness (QED) is 0.467. The van der Waals surface area contributed by atoms with Gasteiger partial charge >= 0.3 is 0 Å². The monoisotopic (exact) mass is 386 g/mol. The second-order valence-electron chi connectivity index (χ2n) is 4.05. The lowest BCUT2D eigenvalue weighted by atomic mass is 10.3. The molecule has 0 radical (unpaired) electrons. The number of aryl methyl sites for hydroxylation is 1. The van der Waals surface area contributed by atoms with Crippen LogP contribution in [0.15, 0.2) is 41.7 Å². The zero-order chi connectivity index (χ0) is 13.5. The molecule has 0 atom stereocenters. The third-order valence-corrected chi connectivity index (χ3v) is 2.68. The van der Waals surface area contributed by atoms with Crippen LogP contribution in [0.3, 0.4) is 0 Å². The van der Waals surface area contributed by atoms with Gasteiger partial charge in [0.2, 0.25) is 0 Å². The number of para-hydroxylation sites is 1. The Bertz CT molecular complexity index is 537. The van der Waals surface area contributed by atoms with Gasteiger partial charge < -0.3 is 15.6 Å². The molecule has 2 rings (SSSR count). The molecule has 6 nitrogen and oxygen atoms in total. The van der Waals surface area contributed by atoms with E-state index in [0.29, 0.717) is 12.5 Å². The third kappa shape index (κ3) is 4.80. The van der Waals surface area contributed by atoms with Gasteiger partial charge in [0.05, 0.1) is 6.54 Å². The number of aliphatic imine (C=N–C) groups is 1. The zero-order valence-corrected chi connectivity index (χ0v) is 13.7. The molecule has 3 N–H and O–H groups in total. The van der Waals surface area contributed by atoms with E-state index in [9.17, 15) is 0 Å². The molecule has 0 fully saturated rings. The molecule has 1 heterocycles. The molecule has 0 saturated heterocycles. The molecular formula is C13H19IN6. The maximum atomic E-state index is 5.81. The highest BCUT2D eigenvalue weighted by Gasteiger charge is 2.00. The van der Waals surface area contributed by atoms with E-state index >= 15 is 0 Å². The van der Waals surface area contributed by atoms with Crippen molar-refractivity contribution in [1.29, 1.82) is 0 Å². The van der Waals surface area contributed by atoms with Crippen LogP contribution >= 0.6 is 24.0 Å². The van der Waals surface area contributed by atoms with Gasteiger partial charge in [-0.3, -0.25) is 4.99 Å². The number of rotatable bonds is 5. The Hall–Kier alpha value is -1.64. The van der Waals surface area contributed by atoms with Crippen molar-refractivity contribution in [3.8, 4) is 0 Å². The minimum Gasteiger partial charge on any atom is -0.370 e. The van der Waals surface area contributed by atoms with Gasteiger partial charge in [0.15, 0.2) is 5.96 Å². The fourth-order valence-corrected chi connectivity index (χ4v) is 1.73. The number of nitrogens with two attached hydrogens (primary N) is 1. The summed E-state index contributed by atoms with van der Waals surface area (Å²) in [5, 5.41) is 10.9. The van der Waals surface area contributed by atoms with Crippen molar-refractivity contribution in [3.05, 3.63) is 42.5 Å². The summed E-state index contributed by atoms with van der Waals surface area (Å²) in [5.74, 6) is 1.38. The lowest BCUT2D eigenvalue weighted by molar-refractivity contribution is 0.666. The maximum absolute atomic E-state index is 5.81. The van der Waals surface area contributed by atoms with Crippen LogP contribution in [0.1, 0.15) is 12.7 Å². The summed E-state index contributed by atoms with van der Waals surface area (Å²) in [6.07, 6.45) is 2.58. The third-order valence-electron chi connectivity index (χ3n) is 2.68. The number of benzene rings is 1. The fourth-order valence-electron chi connectivity index (χ4n) is 1.73. The average molecular weight is 386 g/mol. The molecular weight excluding hydrogens is 367 g/mol. The van der Waals surface area contributed by atoms with Crippen LogP contribution in [0.4, 0.5) is 5.69 Å². The van der Waals surface area contributed by atoms with E-state index in [1.54, 1.807) is 6.33 Å². The molecule has 0 amide bonds. The van der Waals surface area contributed by atoms with Gasteiger partial charge in [0, 0.05) is 18.7 Å².